The number of hydrogen-bond donors (Lipinski definition) is 2. The maximum Gasteiger partial charge on any atom is 0.220 e. The lowest BCUT2D eigenvalue weighted by atomic mass is 10.1. The number of aliphatic hydroxyl groups excluding tert-OH is 1. The Kier molecular flexibility index (Phi) is 6.03. The van der Waals surface area contributed by atoms with Gasteiger partial charge in [-0.2, -0.15) is 0 Å². The zero-order chi connectivity index (χ0) is 15.8. The summed E-state index contributed by atoms with van der Waals surface area (Å²) in [5.74, 6) is -0.444. The Bertz CT molecular complexity index is 614. The summed E-state index contributed by atoms with van der Waals surface area (Å²) in [6, 6.07) is 9.01. The third-order valence-corrected chi connectivity index (χ3v) is 3.34. The van der Waals surface area contributed by atoms with E-state index in [2.05, 4.69) is 10.3 Å². The molecular formula is C17H19FN2O2. The fourth-order valence-corrected chi connectivity index (χ4v) is 2.10. The highest BCUT2D eigenvalue weighted by Crippen LogP contribution is 2.05. The summed E-state index contributed by atoms with van der Waals surface area (Å²) in [7, 11) is 0. The summed E-state index contributed by atoms with van der Waals surface area (Å²) in [6.45, 7) is 0.588. The van der Waals surface area contributed by atoms with Crippen LogP contribution in [0.1, 0.15) is 23.1 Å². The van der Waals surface area contributed by atoms with Gasteiger partial charge in [0, 0.05) is 19.2 Å². The maximum atomic E-state index is 13.0. The average Bonchev–Trinajstić information content (AvgIpc) is 2.54. The van der Waals surface area contributed by atoms with Crippen LogP contribution in [-0.2, 0) is 24.2 Å². The second-order valence-corrected chi connectivity index (χ2v) is 5.09. The Hall–Kier alpha value is -2.27. The molecule has 2 aromatic rings. The van der Waals surface area contributed by atoms with Crippen molar-refractivity contribution < 1.29 is 14.3 Å². The van der Waals surface area contributed by atoms with Gasteiger partial charge >= 0.3 is 0 Å². The number of pyridine rings is 1. The lowest BCUT2D eigenvalue weighted by Gasteiger charge is -2.06. The molecule has 0 fully saturated rings. The molecule has 0 saturated heterocycles. The molecule has 0 radical (unpaired) electrons. The molecule has 0 aliphatic heterocycles. The summed E-state index contributed by atoms with van der Waals surface area (Å²) in [5, 5.41) is 11.8. The van der Waals surface area contributed by atoms with Crippen LogP contribution in [0.2, 0.25) is 0 Å². The zero-order valence-electron chi connectivity index (χ0n) is 12.3. The fraction of sp³-hybridized carbons (Fsp3) is 0.294. The molecule has 5 heteroatoms. The van der Waals surface area contributed by atoms with Crippen molar-refractivity contribution in [2.75, 3.05) is 6.54 Å². The number of benzene rings is 1. The number of hydrogen-bond acceptors (Lipinski definition) is 3. The van der Waals surface area contributed by atoms with Crippen molar-refractivity contribution in [1.29, 1.82) is 0 Å². The molecule has 1 heterocycles. The van der Waals surface area contributed by atoms with Crippen molar-refractivity contribution in [3.63, 3.8) is 0 Å². The van der Waals surface area contributed by atoms with Gasteiger partial charge in [0.2, 0.25) is 5.91 Å². The molecule has 4 nitrogen and oxygen atoms in total. The normalized spacial score (nSPS) is 10.5. The number of halogens is 1. The minimum Gasteiger partial charge on any atom is -0.392 e. The second-order valence-electron chi connectivity index (χ2n) is 5.09. The van der Waals surface area contributed by atoms with E-state index >= 15 is 0 Å². The van der Waals surface area contributed by atoms with Gasteiger partial charge in [0.05, 0.1) is 12.8 Å². The topological polar surface area (TPSA) is 62.2 Å². The van der Waals surface area contributed by atoms with Gasteiger partial charge in [0.25, 0.3) is 0 Å². The molecule has 1 aromatic heterocycles. The Morgan fingerprint density at radius 2 is 1.82 bits per heavy atom. The molecule has 0 aliphatic carbocycles. The molecule has 1 aromatic carbocycles. The van der Waals surface area contributed by atoms with E-state index in [0.29, 0.717) is 19.4 Å². The quantitative estimate of drug-likeness (QED) is 0.822. The van der Waals surface area contributed by atoms with Crippen LogP contribution in [0.5, 0.6) is 0 Å². The number of nitrogens with one attached hydrogen (secondary N) is 1. The lowest BCUT2D eigenvalue weighted by molar-refractivity contribution is -0.121. The summed E-state index contributed by atoms with van der Waals surface area (Å²) in [4.78, 5) is 15.5. The van der Waals surface area contributed by atoms with Gasteiger partial charge in [-0.15, -0.1) is 0 Å². The number of carbonyl (C=O) groups is 1. The smallest absolute Gasteiger partial charge is 0.220 e. The molecule has 0 atom stereocenters. The third-order valence-electron chi connectivity index (χ3n) is 3.34. The first kappa shape index (κ1) is 16.1. The van der Waals surface area contributed by atoms with Crippen molar-refractivity contribution in [2.45, 2.75) is 25.9 Å². The van der Waals surface area contributed by atoms with E-state index in [1.807, 2.05) is 24.3 Å². The van der Waals surface area contributed by atoms with Crippen LogP contribution in [0.4, 0.5) is 4.39 Å². The molecule has 0 spiro atoms. The van der Waals surface area contributed by atoms with E-state index in [4.69, 9.17) is 5.11 Å². The number of amides is 1. The van der Waals surface area contributed by atoms with Crippen molar-refractivity contribution in [2.24, 2.45) is 0 Å². The number of aryl methyl sites for hydroxylation is 1. The van der Waals surface area contributed by atoms with Gasteiger partial charge in [0.15, 0.2) is 0 Å². The number of carbonyl (C=O) groups excluding carboxylic acids is 1. The highest BCUT2D eigenvalue weighted by atomic mass is 19.1. The summed E-state index contributed by atoms with van der Waals surface area (Å²) >= 11 is 0. The lowest BCUT2D eigenvalue weighted by Crippen LogP contribution is -2.25. The standard InChI is InChI=1S/C17H19FN2O2/c18-16-9-15(10-19-11-16)5-6-17(22)20-8-7-13-1-3-14(12-21)4-2-13/h1-4,9-11,21H,5-8,12H2,(H,20,22). The molecular weight excluding hydrogens is 283 g/mol. The molecule has 0 bridgehead atoms. The predicted octanol–water partition coefficient (Wildman–Crippen LogP) is 2.00. The average molecular weight is 302 g/mol. The Balaban J connectivity index is 1.69. The van der Waals surface area contributed by atoms with Crippen LogP contribution < -0.4 is 5.32 Å². The van der Waals surface area contributed by atoms with Gasteiger partial charge < -0.3 is 10.4 Å². The molecule has 0 unspecified atom stereocenters. The maximum absolute atomic E-state index is 13.0. The van der Waals surface area contributed by atoms with E-state index < -0.39 is 0 Å². The Morgan fingerprint density at radius 3 is 2.50 bits per heavy atom. The van der Waals surface area contributed by atoms with Crippen LogP contribution in [0.25, 0.3) is 0 Å². The second kappa shape index (κ2) is 8.24. The van der Waals surface area contributed by atoms with Crippen LogP contribution in [0.3, 0.4) is 0 Å². The van der Waals surface area contributed by atoms with E-state index in [1.54, 1.807) is 6.20 Å². The Morgan fingerprint density at radius 1 is 1.09 bits per heavy atom. The number of aromatic nitrogens is 1. The van der Waals surface area contributed by atoms with Crippen molar-refractivity contribution in [1.82, 2.24) is 10.3 Å². The minimum absolute atomic E-state index is 0.0337. The van der Waals surface area contributed by atoms with Crippen LogP contribution in [0, 0.1) is 5.82 Å². The van der Waals surface area contributed by atoms with Crippen LogP contribution >= 0.6 is 0 Å². The predicted molar refractivity (Wildman–Crippen MR) is 81.6 cm³/mol. The summed E-state index contributed by atoms with van der Waals surface area (Å²) in [5.41, 5.74) is 2.69. The molecule has 2 rings (SSSR count). The van der Waals surface area contributed by atoms with E-state index in [9.17, 15) is 9.18 Å². The first-order valence-corrected chi connectivity index (χ1v) is 7.22. The monoisotopic (exact) mass is 302 g/mol. The molecule has 116 valence electrons. The van der Waals surface area contributed by atoms with E-state index in [1.165, 1.54) is 6.07 Å². The number of aliphatic hydroxyl groups is 1. The molecule has 1 amide bonds. The first-order valence-electron chi connectivity index (χ1n) is 7.22. The highest BCUT2D eigenvalue weighted by molar-refractivity contribution is 5.76. The van der Waals surface area contributed by atoms with Crippen LogP contribution in [-0.4, -0.2) is 22.5 Å². The summed E-state index contributed by atoms with van der Waals surface area (Å²) in [6.07, 6.45) is 4.24. The van der Waals surface area contributed by atoms with E-state index in [-0.39, 0.29) is 18.3 Å². The number of nitrogens with zero attached hydrogens (tertiary/aromatic N) is 1. The number of rotatable bonds is 7. The molecule has 22 heavy (non-hydrogen) atoms. The van der Waals surface area contributed by atoms with Gasteiger partial charge in [-0.3, -0.25) is 9.78 Å². The molecule has 0 saturated carbocycles. The largest absolute Gasteiger partial charge is 0.392 e. The third kappa shape index (κ3) is 5.26. The minimum atomic E-state index is -0.385. The summed E-state index contributed by atoms with van der Waals surface area (Å²) < 4.78 is 13.0. The Labute approximate surface area is 129 Å². The zero-order valence-corrected chi connectivity index (χ0v) is 12.3. The van der Waals surface area contributed by atoms with Crippen molar-refractivity contribution in [3.8, 4) is 0 Å². The molecule has 2 N–H and O–H groups in total. The SMILES string of the molecule is O=C(CCc1cncc(F)c1)NCCc1ccc(CO)cc1. The van der Waals surface area contributed by atoms with Crippen molar-refractivity contribution in [3.05, 3.63) is 65.2 Å². The van der Waals surface area contributed by atoms with Gasteiger partial charge in [-0.25, -0.2) is 4.39 Å². The van der Waals surface area contributed by atoms with Gasteiger partial charge in [-0.05, 0) is 35.6 Å². The fourth-order valence-electron chi connectivity index (χ4n) is 2.10. The first-order chi connectivity index (χ1) is 10.7. The van der Waals surface area contributed by atoms with E-state index in [0.717, 1.165) is 29.3 Å². The highest BCUT2D eigenvalue weighted by Gasteiger charge is 2.03. The van der Waals surface area contributed by atoms with Crippen LogP contribution in [0.15, 0.2) is 42.7 Å². The van der Waals surface area contributed by atoms with Gasteiger partial charge in [0.1, 0.15) is 5.82 Å². The molecule has 0 aliphatic rings. The van der Waals surface area contributed by atoms with Gasteiger partial charge in [-0.1, -0.05) is 24.3 Å². The van der Waals surface area contributed by atoms with Crippen molar-refractivity contribution >= 4 is 5.91 Å².